The third kappa shape index (κ3) is 8.76. The first kappa shape index (κ1) is 14.2. The van der Waals surface area contributed by atoms with Crippen LogP contribution in [0.5, 0.6) is 0 Å². The number of hydrogen-bond donors (Lipinski definition) is 0. The second-order valence-corrected chi connectivity index (χ2v) is 7.99. The van der Waals surface area contributed by atoms with Crippen molar-refractivity contribution in [1.29, 1.82) is 0 Å². The maximum Gasteiger partial charge on any atom is 0.0305 e. The summed E-state index contributed by atoms with van der Waals surface area (Å²) in [7, 11) is -0.264. The Labute approximate surface area is 92.5 Å². The van der Waals surface area contributed by atoms with Gasteiger partial charge in [0.15, 0.2) is 0 Å². The zero-order valence-corrected chi connectivity index (χ0v) is 11.8. The molecule has 86 valence electrons. The van der Waals surface area contributed by atoms with Gasteiger partial charge in [0.2, 0.25) is 0 Å². The zero-order valence-electron chi connectivity index (χ0n) is 10.7. The molecule has 0 saturated heterocycles. The highest BCUT2D eigenvalue weighted by Crippen LogP contribution is 2.06. The molecule has 0 amide bonds. The van der Waals surface area contributed by atoms with E-state index in [0.717, 1.165) is 0 Å². The largest absolute Gasteiger partial charge is 0.304 e. The van der Waals surface area contributed by atoms with E-state index < -0.39 is 0 Å². The van der Waals surface area contributed by atoms with E-state index in [2.05, 4.69) is 31.8 Å². The second kappa shape index (κ2) is 9.72. The van der Waals surface area contributed by atoms with Crippen LogP contribution in [0.4, 0.5) is 0 Å². The molecule has 2 heteroatoms. The Kier molecular flexibility index (Phi) is 9.84. The topological polar surface area (TPSA) is 3.24 Å². The SMILES string of the molecule is CCN(CC)CCCCCC[SiH](C)C. The quantitative estimate of drug-likeness (QED) is 0.421. The minimum atomic E-state index is -0.264. The van der Waals surface area contributed by atoms with Crippen LogP contribution in [0.3, 0.4) is 0 Å². The summed E-state index contributed by atoms with van der Waals surface area (Å²) in [5.74, 6) is 0. The van der Waals surface area contributed by atoms with Crippen LogP contribution >= 0.6 is 0 Å². The molecule has 0 aliphatic rings. The molecule has 0 saturated carbocycles. The third-order valence-corrected chi connectivity index (χ3v) is 4.46. The van der Waals surface area contributed by atoms with Gasteiger partial charge in [0.1, 0.15) is 0 Å². The van der Waals surface area contributed by atoms with Gasteiger partial charge in [0, 0.05) is 8.80 Å². The lowest BCUT2D eigenvalue weighted by atomic mass is 10.2. The lowest BCUT2D eigenvalue weighted by molar-refractivity contribution is 0.295. The average molecular weight is 215 g/mol. The summed E-state index contributed by atoms with van der Waals surface area (Å²) >= 11 is 0. The molecule has 0 aromatic rings. The van der Waals surface area contributed by atoms with Crippen LogP contribution in [-0.2, 0) is 0 Å². The van der Waals surface area contributed by atoms with Gasteiger partial charge in [-0.3, -0.25) is 0 Å². The Morgan fingerprint density at radius 3 is 1.93 bits per heavy atom. The molecule has 0 heterocycles. The van der Waals surface area contributed by atoms with E-state index in [0.29, 0.717) is 0 Å². The van der Waals surface area contributed by atoms with Gasteiger partial charge in [-0.05, 0) is 26.1 Å². The molecular weight excluding hydrogens is 186 g/mol. The monoisotopic (exact) mass is 215 g/mol. The molecule has 1 nitrogen and oxygen atoms in total. The lowest BCUT2D eigenvalue weighted by Crippen LogP contribution is -2.23. The van der Waals surface area contributed by atoms with Crippen LogP contribution in [0.15, 0.2) is 0 Å². The van der Waals surface area contributed by atoms with E-state index in [1.165, 1.54) is 45.3 Å². The first-order valence-corrected chi connectivity index (χ1v) is 9.55. The lowest BCUT2D eigenvalue weighted by Gasteiger charge is -2.17. The Morgan fingerprint density at radius 1 is 0.857 bits per heavy atom. The molecule has 0 N–H and O–H groups in total. The predicted molar refractivity (Wildman–Crippen MR) is 69.9 cm³/mol. The van der Waals surface area contributed by atoms with Crippen molar-refractivity contribution >= 4 is 8.80 Å². The van der Waals surface area contributed by atoms with Crippen molar-refractivity contribution in [3.8, 4) is 0 Å². The Hall–Kier alpha value is 0.177. The number of unbranched alkanes of at least 4 members (excludes halogenated alkanes) is 3. The maximum atomic E-state index is 2.52. The van der Waals surface area contributed by atoms with Crippen molar-refractivity contribution < 1.29 is 0 Å². The van der Waals surface area contributed by atoms with Crippen LogP contribution in [0.2, 0.25) is 19.1 Å². The number of hydrogen-bond acceptors (Lipinski definition) is 1. The molecule has 0 aliphatic heterocycles. The molecule has 0 spiro atoms. The summed E-state index contributed by atoms with van der Waals surface area (Å²) < 4.78 is 0. The van der Waals surface area contributed by atoms with Gasteiger partial charge in [-0.2, -0.15) is 0 Å². The van der Waals surface area contributed by atoms with E-state index in [-0.39, 0.29) is 8.80 Å². The summed E-state index contributed by atoms with van der Waals surface area (Å²) in [4.78, 5) is 2.52. The first-order valence-electron chi connectivity index (χ1n) is 6.43. The maximum absolute atomic E-state index is 2.52. The molecule has 0 fully saturated rings. The molecule has 0 rings (SSSR count). The van der Waals surface area contributed by atoms with Crippen molar-refractivity contribution in [2.24, 2.45) is 0 Å². The molecular formula is C12H29NSi. The standard InChI is InChI=1S/C12H29NSi/c1-5-13(6-2)11-9-7-8-10-12-14(3)4/h14H,5-12H2,1-4H3. The molecule has 14 heavy (non-hydrogen) atoms. The summed E-state index contributed by atoms with van der Waals surface area (Å²) in [6, 6.07) is 1.55. The van der Waals surface area contributed by atoms with Crippen molar-refractivity contribution in [2.75, 3.05) is 19.6 Å². The van der Waals surface area contributed by atoms with Crippen LogP contribution in [-0.4, -0.2) is 33.3 Å². The fraction of sp³-hybridized carbons (Fsp3) is 1.00. The summed E-state index contributed by atoms with van der Waals surface area (Å²) in [5.41, 5.74) is 0. The second-order valence-electron chi connectivity index (χ2n) is 4.62. The highest BCUT2D eigenvalue weighted by molar-refractivity contribution is 6.55. The molecule has 0 aromatic heterocycles. The summed E-state index contributed by atoms with van der Waals surface area (Å²) in [6.45, 7) is 13.2. The highest BCUT2D eigenvalue weighted by Gasteiger charge is 1.99. The third-order valence-electron chi connectivity index (χ3n) is 2.90. The van der Waals surface area contributed by atoms with Crippen LogP contribution in [0.1, 0.15) is 39.5 Å². The molecule has 0 bridgehead atoms. The normalized spacial score (nSPS) is 11.6. The van der Waals surface area contributed by atoms with Crippen LogP contribution < -0.4 is 0 Å². The van der Waals surface area contributed by atoms with Crippen LogP contribution in [0.25, 0.3) is 0 Å². The van der Waals surface area contributed by atoms with Gasteiger partial charge >= 0.3 is 0 Å². The van der Waals surface area contributed by atoms with Gasteiger partial charge in [-0.25, -0.2) is 0 Å². The van der Waals surface area contributed by atoms with Crippen LogP contribution in [0, 0.1) is 0 Å². The van der Waals surface area contributed by atoms with Gasteiger partial charge in [-0.1, -0.05) is 52.2 Å². The predicted octanol–water partition coefficient (Wildman–Crippen LogP) is 3.38. The Bertz CT molecular complexity index is 111. The fourth-order valence-electron chi connectivity index (χ4n) is 1.78. The van der Waals surface area contributed by atoms with E-state index in [9.17, 15) is 0 Å². The highest BCUT2D eigenvalue weighted by atomic mass is 28.3. The van der Waals surface area contributed by atoms with Gasteiger partial charge in [0.05, 0.1) is 0 Å². The molecule has 0 unspecified atom stereocenters. The molecule has 0 atom stereocenters. The van der Waals surface area contributed by atoms with Gasteiger partial charge in [0.25, 0.3) is 0 Å². The van der Waals surface area contributed by atoms with E-state index in [1.807, 2.05) is 0 Å². The van der Waals surface area contributed by atoms with Crippen molar-refractivity contribution in [2.45, 2.75) is 58.7 Å². The zero-order chi connectivity index (χ0) is 10.8. The number of rotatable bonds is 9. The van der Waals surface area contributed by atoms with Gasteiger partial charge in [-0.15, -0.1) is 0 Å². The van der Waals surface area contributed by atoms with Crippen molar-refractivity contribution in [1.82, 2.24) is 4.90 Å². The molecule has 0 aromatic carbocycles. The summed E-state index contributed by atoms with van der Waals surface area (Å²) in [6.07, 6.45) is 5.80. The van der Waals surface area contributed by atoms with Crippen molar-refractivity contribution in [3.05, 3.63) is 0 Å². The van der Waals surface area contributed by atoms with E-state index >= 15 is 0 Å². The van der Waals surface area contributed by atoms with Crippen molar-refractivity contribution in [3.63, 3.8) is 0 Å². The summed E-state index contributed by atoms with van der Waals surface area (Å²) in [5, 5.41) is 0. The molecule has 0 radical (unpaired) electrons. The first-order chi connectivity index (χ1) is 6.70. The smallest absolute Gasteiger partial charge is 0.0305 e. The van der Waals surface area contributed by atoms with E-state index in [1.54, 1.807) is 6.04 Å². The minimum absolute atomic E-state index is 0.264. The average Bonchev–Trinajstić information content (AvgIpc) is 2.16. The van der Waals surface area contributed by atoms with E-state index in [4.69, 9.17) is 0 Å². The Morgan fingerprint density at radius 2 is 1.43 bits per heavy atom. The number of nitrogens with zero attached hydrogens (tertiary/aromatic N) is 1. The fourth-order valence-corrected chi connectivity index (χ4v) is 2.89. The minimum Gasteiger partial charge on any atom is -0.304 e. The molecule has 0 aliphatic carbocycles. The Balaban J connectivity index is 3.12. The van der Waals surface area contributed by atoms with Gasteiger partial charge < -0.3 is 4.90 Å².